The quantitative estimate of drug-likeness (QED) is 0.598. The summed E-state index contributed by atoms with van der Waals surface area (Å²) in [6.07, 6.45) is 1.04. The van der Waals surface area contributed by atoms with Gasteiger partial charge in [0.25, 0.3) is 0 Å². The summed E-state index contributed by atoms with van der Waals surface area (Å²) in [6.45, 7) is 1.44. The average molecular weight is 313 g/mol. The monoisotopic (exact) mass is 313 g/mol. The van der Waals surface area contributed by atoms with Crippen LogP contribution in [0.3, 0.4) is 0 Å². The highest BCUT2D eigenvalue weighted by Crippen LogP contribution is 2.19. The number of benzene rings is 2. The first-order valence-corrected chi connectivity index (χ1v) is 7.50. The number of carbonyl (C=O) groups excluding carboxylic acids is 3. The third kappa shape index (κ3) is 4.39. The molecule has 0 bridgehead atoms. The zero-order valence-corrected chi connectivity index (χ0v) is 13.0. The minimum atomic E-state index is -0.613. The number of ether oxygens (including phenoxy) is 1. The Labute approximate surface area is 134 Å². The van der Waals surface area contributed by atoms with Crippen LogP contribution in [0.15, 0.2) is 42.5 Å². The van der Waals surface area contributed by atoms with Gasteiger partial charge in [0.05, 0.1) is 12.5 Å². The highest BCUT2D eigenvalue weighted by atomic mass is 16.5. The Morgan fingerprint density at radius 3 is 2.65 bits per heavy atom. The Kier molecular flexibility index (Phi) is 5.86. The summed E-state index contributed by atoms with van der Waals surface area (Å²) in [6, 6.07) is 12.9. The lowest BCUT2D eigenvalue weighted by Crippen LogP contribution is -2.38. The van der Waals surface area contributed by atoms with Crippen LogP contribution in [0.2, 0.25) is 0 Å². The molecule has 1 N–H and O–H groups in total. The molecule has 23 heavy (non-hydrogen) atoms. The minimum absolute atomic E-state index is 0.104. The predicted octanol–water partition coefficient (Wildman–Crippen LogP) is 2.02. The van der Waals surface area contributed by atoms with E-state index in [1.54, 1.807) is 6.92 Å². The van der Waals surface area contributed by atoms with Crippen LogP contribution < -0.4 is 5.32 Å². The summed E-state index contributed by atoms with van der Waals surface area (Å²) in [5.74, 6) is -0.776. The van der Waals surface area contributed by atoms with E-state index in [0.29, 0.717) is 12.8 Å². The van der Waals surface area contributed by atoms with Gasteiger partial charge in [-0.3, -0.25) is 14.4 Å². The van der Waals surface area contributed by atoms with Gasteiger partial charge >= 0.3 is 5.97 Å². The second-order valence-electron chi connectivity index (χ2n) is 5.19. The molecule has 0 spiro atoms. The van der Waals surface area contributed by atoms with Crippen molar-refractivity contribution in [1.29, 1.82) is 0 Å². The summed E-state index contributed by atoms with van der Waals surface area (Å²) in [5, 5.41) is 4.45. The highest BCUT2D eigenvalue weighted by molar-refractivity contribution is 5.91. The zero-order chi connectivity index (χ0) is 16.7. The van der Waals surface area contributed by atoms with Crippen molar-refractivity contribution in [1.82, 2.24) is 5.32 Å². The van der Waals surface area contributed by atoms with E-state index >= 15 is 0 Å². The van der Waals surface area contributed by atoms with Gasteiger partial charge in [-0.1, -0.05) is 49.4 Å². The van der Waals surface area contributed by atoms with Crippen molar-refractivity contribution in [2.75, 3.05) is 6.61 Å². The number of hydrogen-bond donors (Lipinski definition) is 1. The number of ketones is 1. The summed E-state index contributed by atoms with van der Waals surface area (Å²) in [7, 11) is 0. The predicted molar refractivity (Wildman–Crippen MR) is 86.9 cm³/mol. The molecule has 0 saturated heterocycles. The van der Waals surface area contributed by atoms with Gasteiger partial charge in [-0.15, -0.1) is 0 Å². The smallest absolute Gasteiger partial charge is 0.310 e. The minimum Gasteiger partial charge on any atom is -0.457 e. The van der Waals surface area contributed by atoms with Crippen molar-refractivity contribution in [2.45, 2.75) is 25.8 Å². The van der Waals surface area contributed by atoms with Gasteiger partial charge in [-0.05, 0) is 22.8 Å². The number of Topliss-reactive ketones (excluding diaryl/α,β-unsaturated/α-hetero) is 1. The van der Waals surface area contributed by atoms with Gasteiger partial charge in [0, 0.05) is 0 Å². The van der Waals surface area contributed by atoms with Crippen LogP contribution in [0.5, 0.6) is 0 Å². The molecular weight excluding hydrogens is 294 g/mol. The van der Waals surface area contributed by atoms with Gasteiger partial charge in [0.15, 0.2) is 12.4 Å². The number of rotatable bonds is 8. The first-order chi connectivity index (χ1) is 11.2. The van der Waals surface area contributed by atoms with Gasteiger partial charge in [0.1, 0.15) is 0 Å². The Hall–Kier alpha value is -2.69. The highest BCUT2D eigenvalue weighted by Gasteiger charge is 2.17. The van der Waals surface area contributed by atoms with E-state index in [2.05, 4.69) is 5.32 Å². The Morgan fingerprint density at radius 1 is 1.17 bits per heavy atom. The van der Waals surface area contributed by atoms with Crippen molar-refractivity contribution in [3.05, 3.63) is 48.0 Å². The molecule has 1 amide bonds. The normalized spacial score (nSPS) is 11.7. The number of hydrogen-bond acceptors (Lipinski definition) is 4. The second kappa shape index (κ2) is 8.08. The van der Waals surface area contributed by atoms with Crippen molar-refractivity contribution in [3.63, 3.8) is 0 Å². The van der Waals surface area contributed by atoms with Crippen LogP contribution in [0.1, 0.15) is 18.9 Å². The molecule has 0 heterocycles. The topological polar surface area (TPSA) is 72.5 Å². The molecule has 0 aliphatic heterocycles. The molecule has 2 aromatic rings. The Balaban J connectivity index is 1.96. The zero-order valence-electron chi connectivity index (χ0n) is 13.0. The lowest BCUT2D eigenvalue weighted by molar-refractivity contribution is -0.147. The molecule has 0 radical (unpaired) electrons. The van der Waals surface area contributed by atoms with Crippen molar-refractivity contribution in [2.24, 2.45) is 0 Å². The fourth-order valence-corrected chi connectivity index (χ4v) is 2.43. The summed E-state index contributed by atoms with van der Waals surface area (Å²) in [4.78, 5) is 34.2. The van der Waals surface area contributed by atoms with Crippen LogP contribution in [-0.2, 0) is 25.5 Å². The summed E-state index contributed by atoms with van der Waals surface area (Å²) < 4.78 is 5.04. The van der Waals surface area contributed by atoms with Crippen LogP contribution in [0, 0.1) is 0 Å². The maximum Gasteiger partial charge on any atom is 0.310 e. The third-order valence-electron chi connectivity index (χ3n) is 3.66. The van der Waals surface area contributed by atoms with Crippen LogP contribution >= 0.6 is 0 Å². The molecule has 5 heteroatoms. The van der Waals surface area contributed by atoms with Crippen molar-refractivity contribution >= 4 is 28.9 Å². The first kappa shape index (κ1) is 16.7. The number of nitrogens with one attached hydrogen (secondary N) is 1. The van der Waals surface area contributed by atoms with Crippen LogP contribution in [0.25, 0.3) is 10.8 Å². The molecular formula is C18H19NO4. The molecule has 0 aliphatic carbocycles. The second-order valence-corrected chi connectivity index (χ2v) is 5.19. The fraction of sp³-hybridized carbons (Fsp3) is 0.278. The molecule has 0 saturated carbocycles. The number of fused-ring (bicyclic) bond motifs is 1. The lowest BCUT2D eigenvalue weighted by atomic mass is 10.0. The van der Waals surface area contributed by atoms with Gasteiger partial charge in [-0.25, -0.2) is 0 Å². The van der Waals surface area contributed by atoms with Gasteiger partial charge in [-0.2, -0.15) is 0 Å². The summed E-state index contributed by atoms with van der Waals surface area (Å²) in [5.41, 5.74) is 0.860. The van der Waals surface area contributed by atoms with Gasteiger partial charge in [0.2, 0.25) is 6.41 Å². The van der Waals surface area contributed by atoms with Crippen molar-refractivity contribution < 1.29 is 19.1 Å². The molecule has 0 aromatic heterocycles. The number of amides is 1. The maximum atomic E-state index is 12.0. The van der Waals surface area contributed by atoms with Gasteiger partial charge < -0.3 is 10.1 Å². The largest absolute Gasteiger partial charge is 0.457 e. The van der Waals surface area contributed by atoms with E-state index < -0.39 is 12.0 Å². The number of carbonyl (C=O) groups is 3. The molecule has 2 rings (SSSR count). The van der Waals surface area contributed by atoms with E-state index in [0.717, 1.165) is 16.3 Å². The first-order valence-electron chi connectivity index (χ1n) is 7.50. The van der Waals surface area contributed by atoms with E-state index in [1.165, 1.54) is 0 Å². The molecule has 2 aromatic carbocycles. The van der Waals surface area contributed by atoms with Crippen LogP contribution in [-0.4, -0.2) is 30.8 Å². The molecule has 0 fully saturated rings. The molecule has 120 valence electrons. The molecule has 1 atom stereocenters. The standard InChI is InChI=1S/C18H19NO4/c1-2-16(19-12-20)17(21)11-23-18(22)10-14-8-5-7-13-6-3-4-9-15(13)14/h3-9,12,16H,2,10-11H2,1H3,(H,19,20). The SMILES string of the molecule is CCC(NC=O)C(=O)COC(=O)Cc1cccc2ccccc12. The Morgan fingerprint density at radius 2 is 1.91 bits per heavy atom. The average Bonchev–Trinajstić information content (AvgIpc) is 2.58. The van der Waals surface area contributed by atoms with E-state index in [1.807, 2.05) is 42.5 Å². The van der Waals surface area contributed by atoms with Crippen LogP contribution in [0.4, 0.5) is 0 Å². The van der Waals surface area contributed by atoms with E-state index in [-0.39, 0.29) is 18.8 Å². The fourth-order valence-electron chi connectivity index (χ4n) is 2.43. The third-order valence-corrected chi connectivity index (χ3v) is 3.66. The molecule has 5 nitrogen and oxygen atoms in total. The van der Waals surface area contributed by atoms with Crippen molar-refractivity contribution in [3.8, 4) is 0 Å². The molecule has 1 unspecified atom stereocenters. The van der Waals surface area contributed by atoms with E-state index in [4.69, 9.17) is 4.74 Å². The lowest BCUT2D eigenvalue weighted by Gasteiger charge is -2.12. The Bertz CT molecular complexity index is 706. The summed E-state index contributed by atoms with van der Waals surface area (Å²) >= 11 is 0. The van der Waals surface area contributed by atoms with E-state index in [9.17, 15) is 14.4 Å². The number of esters is 1. The maximum absolute atomic E-state index is 12.0. The molecule has 0 aliphatic rings.